The van der Waals surface area contributed by atoms with Crippen LogP contribution < -0.4 is 5.73 Å². The molecule has 6 heteroatoms. The third-order valence-corrected chi connectivity index (χ3v) is 4.31. The first kappa shape index (κ1) is 10.5. The van der Waals surface area contributed by atoms with E-state index in [1.807, 2.05) is 6.92 Å². The minimum atomic E-state index is -2.74. The summed E-state index contributed by atoms with van der Waals surface area (Å²) in [5.74, 6) is -0.154. The van der Waals surface area contributed by atoms with Crippen molar-refractivity contribution in [2.75, 3.05) is 12.3 Å². The molecule has 2 unspecified atom stereocenters. The maximum atomic E-state index is 11.7. The Morgan fingerprint density at radius 1 is 1.77 bits per heavy atom. The molecule has 5 nitrogen and oxygen atoms in total. The highest BCUT2D eigenvalue weighted by Crippen LogP contribution is 2.22. The van der Waals surface area contributed by atoms with Crippen molar-refractivity contribution in [3.05, 3.63) is 0 Å². The largest absolute Gasteiger partial charge is 0.368 e. The maximum absolute atomic E-state index is 11.7. The minimum Gasteiger partial charge on any atom is -0.368 e. The lowest BCUT2D eigenvalue weighted by Gasteiger charge is -2.39. The molecule has 1 rings (SSSR count). The Morgan fingerprint density at radius 3 is 2.69 bits per heavy atom. The molecule has 13 heavy (non-hydrogen) atoms. The smallest absolute Gasteiger partial charge is 0.235 e. The number of rotatable bonds is 4. The van der Waals surface area contributed by atoms with E-state index >= 15 is 0 Å². The number of nitrogens with two attached hydrogens (primary N) is 1. The van der Waals surface area contributed by atoms with Crippen molar-refractivity contribution in [2.45, 2.75) is 25.8 Å². The summed E-state index contributed by atoms with van der Waals surface area (Å²) in [7, 11) is -2.74. The predicted molar refractivity (Wildman–Crippen MR) is 50.3 cm³/mol. The average molecular weight is 205 g/mol. The van der Waals surface area contributed by atoms with Gasteiger partial charge >= 0.3 is 0 Å². The zero-order valence-corrected chi connectivity index (χ0v) is 8.47. The molecule has 1 heterocycles. The van der Waals surface area contributed by atoms with Gasteiger partial charge in [0.1, 0.15) is 16.0 Å². The van der Waals surface area contributed by atoms with E-state index in [-0.39, 0.29) is 0 Å². The van der Waals surface area contributed by atoms with Crippen LogP contribution in [-0.4, -0.2) is 32.8 Å². The second-order valence-electron chi connectivity index (χ2n) is 3.19. The molecule has 0 aromatic heterocycles. The van der Waals surface area contributed by atoms with Crippen LogP contribution in [0.25, 0.3) is 0 Å². The molecule has 1 aliphatic rings. The van der Waals surface area contributed by atoms with Gasteiger partial charge in [0.05, 0.1) is 0 Å². The summed E-state index contributed by atoms with van der Waals surface area (Å²) in [6.45, 7) is 2.42. The molecular weight excluding hydrogens is 190 g/mol. The number of nitrogens with one attached hydrogen (secondary N) is 1. The molecule has 0 aromatic carbocycles. The monoisotopic (exact) mass is 205 g/mol. The van der Waals surface area contributed by atoms with Crippen LogP contribution in [0.3, 0.4) is 0 Å². The molecule has 1 aliphatic heterocycles. The van der Waals surface area contributed by atoms with Crippen LogP contribution in [0.15, 0.2) is 0 Å². The Bertz CT molecular complexity index is 299. The van der Waals surface area contributed by atoms with Gasteiger partial charge in [-0.1, -0.05) is 6.92 Å². The fraction of sp³-hybridized carbons (Fsp3) is 0.857. The van der Waals surface area contributed by atoms with Crippen molar-refractivity contribution < 1.29 is 9.00 Å². The number of amides is 1. The zero-order chi connectivity index (χ0) is 10.1. The fourth-order valence-electron chi connectivity index (χ4n) is 1.39. The van der Waals surface area contributed by atoms with Crippen molar-refractivity contribution in [3.8, 4) is 0 Å². The van der Waals surface area contributed by atoms with E-state index in [2.05, 4.69) is 0 Å². The van der Waals surface area contributed by atoms with Crippen LogP contribution in [0.1, 0.15) is 19.8 Å². The number of carbonyl (C=O) groups excluding carboxylic acids is 1. The van der Waals surface area contributed by atoms with Crippen molar-refractivity contribution in [1.29, 1.82) is 4.78 Å². The normalized spacial score (nSPS) is 27.6. The first-order valence-electron chi connectivity index (χ1n) is 4.31. The molecule has 1 amide bonds. The van der Waals surface area contributed by atoms with Gasteiger partial charge in [-0.15, -0.1) is 0 Å². The van der Waals surface area contributed by atoms with E-state index in [4.69, 9.17) is 10.5 Å². The first-order valence-corrected chi connectivity index (χ1v) is 6.00. The molecule has 0 bridgehead atoms. The van der Waals surface area contributed by atoms with E-state index < -0.39 is 21.9 Å². The van der Waals surface area contributed by atoms with Crippen LogP contribution in [0.5, 0.6) is 0 Å². The molecule has 2 atom stereocenters. The quantitative estimate of drug-likeness (QED) is 0.672. The molecule has 1 fully saturated rings. The Balaban J connectivity index is 2.68. The van der Waals surface area contributed by atoms with Crippen molar-refractivity contribution in [3.63, 3.8) is 0 Å². The van der Waals surface area contributed by atoms with E-state index in [0.717, 1.165) is 0 Å². The molecule has 76 valence electrons. The first-order chi connectivity index (χ1) is 5.99. The number of carbonyl (C=O) groups is 1. The van der Waals surface area contributed by atoms with Gasteiger partial charge in [0.15, 0.2) is 0 Å². The summed E-state index contributed by atoms with van der Waals surface area (Å²) in [5.41, 5.74) is 5.09. The fourth-order valence-corrected chi connectivity index (χ4v) is 3.20. The van der Waals surface area contributed by atoms with E-state index in [1.54, 1.807) is 0 Å². The molecule has 1 saturated heterocycles. The summed E-state index contributed by atoms with van der Waals surface area (Å²) in [4.78, 5) is 10.8. The average Bonchev–Trinajstić information content (AvgIpc) is 1.79. The van der Waals surface area contributed by atoms with Gasteiger partial charge in [-0.25, -0.2) is 13.3 Å². The number of primary amides is 1. The second-order valence-corrected chi connectivity index (χ2v) is 5.35. The summed E-state index contributed by atoms with van der Waals surface area (Å²) in [6.07, 6.45) is 1.32. The van der Waals surface area contributed by atoms with Gasteiger partial charge in [0, 0.05) is 12.3 Å². The van der Waals surface area contributed by atoms with Crippen LogP contribution in [-0.2, 0) is 14.7 Å². The molecule has 0 aromatic rings. The predicted octanol–water partition coefficient (Wildman–Crippen LogP) is -0.0822. The molecule has 0 saturated carbocycles. The highest BCUT2D eigenvalue weighted by atomic mass is 32.2. The van der Waals surface area contributed by atoms with E-state index in [0.29, 0.717) is 25.1 Å². The Kier molecular flexibility index (Phi) is 2.92. The zero-order valence-electron chi connectivity index (χ0n) is 7.66. The Morgan fingerprint density at radius 2 is 2.38 bits per heavy atom. The van der Waals surface area contributed by atoms with Crippen LogP contribution in [0, 0.1) is 4.78 Å². The number of hydrogen-bond acceptors (Lipinski definition) is 3. The van der Waals surface area contributed by atoms with Crippen molar-refractivity contribution in [1.82, 2.24) is 4.31 Å². The van der Waals surface area contributed by atoms with Crippen molar-refractivity contribution in [2.24, 2.45) is 5.73 Å². The van der Waals surface area contributed by atoms with Gasteiger partial charge in [0.25, 0.3) is 0 Å². The molecule has 0 aliphatic carbocycles. The molecule has 0 spiro atoms. The third-order valence-electron chi connectivity index (χ3n) is 2.16. The standard InChI is InChI=1S/C7H15N3O2S/c1-2-5-13(9,12)10-4-3-6(10)7(8)11/h6,9H,2-5H2,1H3,(H2,8,11). The second kappa shape index (κ2) is 3.63. The summed E-state index contributed by atoms with van der Waals surface area (Å²) >= 11 is 0. The lowest BCUT2D eigenvalue weighted by Crippen LogP contribution is -2.57. The van der Waals surface area contributed by atoms with Gasteiger partial charge < -0.3 is 5.73 Å². The van der Waals surface area contributed by atoms with Gasteiger partial charge in [0.2, 0.25) is 5.91 Å². The SMILES string of the molecule is CCCS(=N)(=O)N1CCC1C(N)=O. The summed E-state index contributed by atoms with van der Waals surface area (Å²) in [6, 6.07) is -0.475. The van der Waals surface area contributed by atoms with Crippen LogP contribution in [0.4, 0.5) is 0 Å². The van der Waals surface area contributed by atoms with Crippen LogP contribution in [0.2, 0.25) is 0 Å². The third kappa shape index (κ3) is 2.00. The van der Waals surface area contributed by atoms with Crippen LogP contribution >= 0.6 is 0 Å². The number of hydrogen-bond donors (Lipinski definition) is 2. The lowest BCUT2D eigenvalue weighted by molar-refractivity contribution is -0.124. The van der Waals surface area contributed by atoms with Crippen molar-refractivity contribution >= 4 is 15.8 Å². The van der Waals surface area contributed by atoms with Gasteiger partial charge in [-0.3, -0.25) is 4.79 Å². The molecule has 3 N–H and O–H groups in total. The lowest BCUT2D eigenvalue weighted by atomic mass is 10.1. The maximum Gasteiger partial charge on any atom is 0.235 e. The Labute approximate surface area is 78.4 Å². The van der Waals surface area contributed by atoms with E-state index in [1.165, 1.54) is 4.31 Å². The minimum absolute atomic E-state index is 0.316. The highest BCUT2D eigenvalue weighted by Gasteiger charge is 2.38. The van der Waals surface area contributed by atoms with Gasteiger partial charge in [-0.05, 0) is 12.8 Å². The summed E-state index contributed by atoms with van der Waals surface area (Å²) < 4.78 is 20.6. The highest BCUT2D eigenvalue weighted by molar-refractivity contribution is 7.90. The van der Waals surface area contributed by atoms with Gasteiger partial charge in [-0.2, -0.15) is 0 Å². The molecule has 0 radical (unpaired) electrons. The van der Waals surface area contributed by atoms with E-state index in [9.17, 15) is 9.00 Å². The number of nitrogens with zero attached hydrogens (tertiary/aromatic N) is 1. The molecular formula is C7H15N3O2S. The summed E-state index contributed by atoms with van der Waals surface area (Å²) in [5, 5.41) is 0. The Hall–Kier alpha value is -0.620. The topological polar surface area (TPSA) is 87.2 Å².